The molecule has 2 heterocycles. The molecule has 0 bridgehead atoms. The Labute approximate surface area is 162 Å². The predicted molar refractivity (Wildman–Crippen MR) is 109 cm³/mol. The van der Waals surface area contributed by atoms with Gasteiger partial charge >= 0.3 is 0 Å². The van der Waals surface area contributed by atoms with Gasteiger partial charge in [-0.3, -0.25) is 14.5 Å². The lowest BCUT2D eigenvalue weighted by molar-refractivity contribution is -0.121. The Balaban J connectivity index is 1.45. The minimum absolute atomic E-state index is 0.00320. The summed E-state index contributed by atoms with van der Waals surface area (Å²) in [7, 11) is 0. The van der Waals surface area contributed by atoms with Gasteiger partial charge in [0.2, 0.25) is 11.8 Å². The standard InChI is InChI=1S/C21H32N4O2/c1-16(17-13-22-14-17)21(27)24-19-9-7-18(8-10-19)23-20(26)15-25-11-5-3-2-4-6-12-25/h7-10,16-17,22H,2-6,11-15H2,1H3,(H,23,26)(H,24,27). The second-order valence-corrected chi connectivity index (χ2v) is 7.87. The maximum absolute atomic E-state index is 12.3. The molecule has 6 nitrogen and oxygen atoms in total. The molecule has 1 unspecified atom stereocenters. The number of likely N-dealkylation sites (tertiary alicyclic amines) is 1. The van der Waals surface area contributed by atoms with E-state index >= 15 is 0 Å². The summed E-state index contributed by atoms with van der Waals surface area (Å²) in [6.45, 7) is 6.26. The Bertz CT molecular complexity index is 620. The first-order valence-electron chi connectivity index (χ1n) is 10.3. The molecule has 1 aromatic carbocycles. The summed E-state index contributed by atoms with van der Waals surface area (Å²) < 4.78 is 0. The van der Waals surface area contributed by atoms with E-state index in [1.807, 2.05) is 31.2 Å². The second-order valence-electron chi connectivity index (χ2n) is 7.87. The third kappa shape index (κ3) is 6.04. The van der Waals surface area contributed by atoms with Crippen molar-refractivity contribution in [3.63, 3.8) is 0 Å². The zero-order valence-electron chi connectivity index (χ0n) is 16.3. The van der Waals surface area contributed by atoms with Crippen LogP contribution in [-0.2, 0) is 9.59 Å². The molecule has 2 fully saturated rings. The van der Waals surface area contributed by atoms with Crippen molar-refractivity contribution in [1.29, 1.82) is 0 Å². The molecule has 2 aliphatic rings. The molecule has 1 atom stereocenters. The Morgan fingerprint density at radius 1 is 1.00 bits per heavy atom. The molecule has 3 rings (SSSR count). The van der Waals surface area contributed by atoms with Crippen molar-refractivity contribution in [1.82, 2.24) is 10.2 Å². The number of hydrogen-bond donors (Lipinski definition) is 3. The highest BCUT2D eigenvalue weighted by molar-refractivity contribution is 5.94. The van der Waals surface area contributed by atoms with Crippen LogP contribution in [-0.4, -0.2) is 49.4 Å². The van der Waals surface area contributed by atoms with Crippen molar-refractivity contribution in [2.24, 2.45) is 11.8 Å². The van der Waals surface area contributed by atoms with Gasteiger partial charge in [0.1, 0.15) is 0 Å². The van der Waals surface area contributed by atoms with Crippen LogP contribution in [0.2, 0.25) is 0 Å². The highest BCUT2D eigenvalue weighted by atomic mass is 16.2. The normalized spacial score (nSPS) is 20.0. The first kappa shape index (κ1) is 19.8. The Kier molecular flexibility index (Phi) is 7.24. The molecule has 27 heavy (non-hydrogen) atoms. The van der Waals surface area contributed by atoms with Crippen LogP contribution in [0.15, 0.2) is 24.3 Å². The van der Waals surface area contributed by atoms with Gasteiger partial charge in [-0.05, 0) is 69.2 Å². The number of nitrogens with zero attached hydrogens (tertiary/aromatic N) is 1. The predicted octanol–water partition coefficient (Wildman–Crippen LogP) is 2.69. The summed E-state index contributed by atoms with van der Waals surface area (Å²) in [5, 5.41) is 9.12. The van der Waals surface area contributed by atoms with E-state index in [0.29, 0.717) is 12.5 Å². The van der Waals surface area contributed by atoms with Gasteiger partial charge in [0.15, 0.2) is 0 Å². The minimum Gasteiger partial charge on any atom is -0.326 e. The Morgan fingerprint density at radius 2 is 1.56 bits per heavy atom. The van der Waals surface area contributed by atoms with Crippen molar-refractivity contribution in [3.8, 4) is 0 Å². The van der Waals surface area contributed by atoms with Gasteiger partial charge in [0, 0.05) is 17.3 Å². The van der Waals surface area contributed by atoms with Crippen LogP contribution >= 0.6 is 0 Å². The van der Waals surface area contributed by atoms with Gasteiger partial charge in [0.25, 0.3) is 0 Å². The van der Waals surface area contributed by atoms with E-state index in [9.17, 15) is 9.59 Å². The molecule has 0 spiro atoms. The van der Waals surface area contributed by atoms with Gasteiger partial charge in [-0.2, -0.15) is 0 Å². The molecular weight excluding hydrogens is 340 g/mol. The molecule has 148 valence electrons. The van der Waals surface area contributed by atoms with Crippen LogP contribution in [0.1, 0.15) is 39.0 Å². The number of benzene rings is 1. The van der Waals surface area contributed by atoms with E-state index in [2.05, 4.69) is 20.9 Å². The number of anilines is 2. The average Bonchev–Trinajstić information content (AvgIpc) is 2.57. The third-order valence-electron chi connectivity index (χ3n) is 5.69. The quantitative estimate of drug-likeness (QED) is 0.718. The van der Waals surface area contributed by atoms with Crippen molar-refractivity contribution in [2.75, 3.05) is 43.4 Å². The highest BCUT2D eigenvalue weighted by Gasteiger charge is 2.28. The maximum atomic E-state index is 12.3. The number of rotatable bonds is 6. The summed E-state index contributed by atoms with van der Waals surface area (Å²) in [5.41, 5.74) is 1.53. The van der Waals surface area contributed by atoms with E-state index in [1.54, 1.807) is 0 Å². The van der Waals surface area contributed by atoms with E-state index in [4.69, 9.17) is 0 Å². The summed E-state index contributed by atoms with van der Waals surface area (Å²) in [4.78, 5) is 26.8. The fraction of sp³-hybridized carbons (Fsp3) is 0.619. The van der Waals surface area contributed by atoms with Crippen molar-refractivity contribution >= 4 is 23.2 Å². The molecule has 3 N–H and O–H groups in total. The van der Waals surface area contributed by atoms with Gasteiger partial charge in [-0.1, -0.05) is 26.2 Å². The second kappa shape index (κ2) is 9.85. The lowest BCUT2D eigenvalue weighted by Gasteiger charge is -2.31. The van der Waals surface area contributed by atoms with Gasteiger partial charge in [-0.25, -0.2) is 0 Å². The topological polar surface area (TPSA) is 73.5 Å². The monoisotopic (exact) mass is 372 g/mol. The van der Waals surface area contributed by atoms with E-state index in [0.717, 1.165) is 37.6 Å². The average molecular weight is 373 g/mol. The third-order valence-corrected chi connectivity index (χ3v) is 5.69. The summed E-state index contributed by atoms with van der Waals surface area (Å²) in [6.07, 6.45) is 6.20. The van der Waals surface area contributed by atoms with E-state index in [1.165, 1.54) is 32.1 Å². The van der Waals surface area contributed by atoms with Crippen LogP contribution in [0.3, 0.4) is 0 Å². The molecule has 0 radical (unpaired) electrons. The summed E-state index contributed by atoms with van der Waals surface area (Å²) in [5.74, 6) is 0.504. The molecule has 1 aromatic rings. The molecule has 0 saturated carbocycles. The maximum Gasteiger partial charge on any atom is 0.238 e. The lowest BCUT2D eigenvalue weighted by Crippen LogP contribution is -2.48. The van der Waals surface area contributed by atoms with Crippen molar-refractivity contribution in [3.05, 3.63) is 24.3 Å². The Morgan fingerprint density at radius 3 is 2.11 bits per heavy atom. The lowest BCUT2D eigenvalue weighted by atomic mass is 9.88. The summed E-state index contributed by atoms with van der Waals surface area (Å²) in [6, 6.07) is 7.37. The number of nitrogens with one attached hydrogen (secondary N) is 3. The zero-order chi connectivity index (χ0) is 19.1. The smallest absolute Gasteiger partial charge is 0.238 e. The van der Waals surface area contributed by atoms with E-state index < -0.39 is 0 Å². The minimum atomic E-state index is 0.00320. The molecule has 6 heteroatoms. The first-order chi connectivity index (χ1) is 13.1. The van der Waals surface area contributed by atoms with Crippen LogP contribution in [0.5, 0.6) is 0 Å². The van der Waals surface area contributed by atoms with Gasteiger partial charge < -0.3 is 16.0 Å². The number of carbonyl (C=O) groups is 2. The number of amides is 2. The zero-order valence-corrected chi connectivity index (χ0v) is 16.3. The van der Waals surface area contributed by atoms with E-state index in [-0.39, 0.29) is 17.7 Å². The van der Waals surface area contributed by atoms with Crippen LogP contribution in [0.4, 0.5) is 11.4 Å². The van der Waals surface area contributed by atoms with Crippen molar-refractivity contribution < 1.29 is 9.59 Å². The van der Waals surface area contributed by atoms with Crippen LogP contribution in [0.25, 0.3) is 0 Å². The highest BCUT2D eigenvalue weighted by Crippen LogP contribution is 2.19. The molecule has 2 saturated heterocycles. The summed E-state index contributed by atoms with van der Waals surface area (Å²) >= 11 is 0. The van der Waals surface area contributed by atoms with Gasteiger partial charge in [-0.15, -0.1) is 0 Å². The first-order valence-corrected chi connectivity index (χ1v) is 10.3. The molecule has 0 aliphatic carbocycles. The van der Waals surface area contributed by atoms with Gasteiger partial charge in [0.05, 0.1) is 6.54 Å². The SMILES string of the molecule is CC(C(=O)Nc1ccc(NC(=O)CN2CCCCCCC2)cc1)C1CNC1. The molecule has 2 aliphatic heterocycles. The molecular formula is C21H32N4O2. The fourth-order valence-corrected chi connectivity index (χ4v) is 3.65. The molecule has 0 aromatic heterocycles. The fourth-order valence-electron chi connectivity index (χ4n) is 3.65. The van der Waals surface area contributed by atoms with Crippen LogP contribution in [0, 0.1) is 11.8 Å². The van der Waals surface area contributed by atoms with Crippen LogP contribution < -0.4 is 16.0 Å². The number of hydrogen-bond acceptors (Lipinski definition) is 4. The van der Waals surface area contributed by atoms with Crippen molar-refractivity contribution in [2.45, 2.75) is 39.0 Å². The molecule has 2 amide bonds. The largest absolute Gasteiger partial charge is 0.326 e. The number of carbonyl (C=O) groups excluding carboxylic acids is 2. The Hall–Kier alpha value is -1.92.